The molecule has 2 saturated carbocycles. The third-order valence-electron chi connectivity index (χ3n) is 7.19. The van der Waals surface area contributed by atoms with Crippen LogP contribution in [-0.2, 0) is 4.74 Å². The van der Waals surface area contributed by atoms with Crippen molar-refractivity contribution in [3.8, 4) is 11.5 Å². The van der Waals surface area contributed by atoms with Crippen LogP contribution >= 0.6 is 0 Å². The van der Waals surface area contributed by atoms with E-state index in [0.717, 1.165) is 24.8 Å². The van der Waals surface area contributed by atoms with Gasteiger partial charge in [-0.2, -0.15) is 0 Å². The van der Waals surface area contributed by atoms with Gasteiger partial charge in [0.15, 0.2) is 11.5 Å². The Labute approximate surface area is 179 Å². The summed E-state index contributed by atoms with van der Waals surface area (Å²) in [7, 11) is 0. The number of hydrogen-bond donors (Lipinski definition) is 1. The predicted octanol–water partition coefficient (Wildman–Crippen LogP) is 7.81. The Morgan fingerprint density at radius 3 is 2.21 bits per heavy atom. The molecule has 3 heteroatoms. The molecular weight excluding hydrogens is 360 g/mol. The van der Waals surface area contributed by atoms with Gasteiger partial charge in [0.05, 0.1) is 6.10 Å². The van der Waals surface area contributed by atoms with Crippen LogP contribution < -0.4 is 4.74 Å². The molecule has 0 saturated heterocycles. The summed E-state index contributed by atoms with van der Waals surface area (Å²) in [5, 5.41) is 10.7. The minimum Gasteiger partial charge on any atom is -0.504 e. The molecule has 2 aliphatic carbocycles. The molecule has 0 aromatic heterocycles. The summed E-state index contributed by atoms with van der Waals surface area (Å²) in [6.07, 6.45) is 13.7. The third kappa shape index (κ3) is 6.64. The second kappa shape index (κ2) is 10.2. The van der Waals surface area contributed by atoms with E-state index in [1.165, 1.54) is 51.4 Å². The number of rotatable bonds is 7. The maximum atomic E-state index is 10.7. The first kappa shape index (κ1) is 22.5. The van der Waals surface area contributed by atoms with Gasteiger partial charge in [-0.3, -0.25) is 0 Å². The molecule has 29 heavy (non-hydrogen) atoms. The zero-order valence-electron chi connectivity index (χ0n) is 19.1. The summed E-state index contributed by atoms with van der Waals surface area (Å²) in [4.78, 5) is 0. The van der Waals surface area contributed by atoms with E-state index in [1.54, 1.807) is 0 Å². The fraction of sp³-hybridized carbons (Fsp3) is 0.769. The number of phenols is 1. The van der Waals surface area contributed by atoms with Crippen LogP contribution in [0.2, 0.25) is 0 Å². The number of aromatic hydroxyl groups is 1. The van der Waals surface area contributed by atoms with Gasteiger partial charge >= 0.3 is 0 Å². The van der Waals surface area contributed by atoms with E-state index in [0.29, 0.717) is 23.7 Å². The summed E-state index contributed by atoms with van der Waals surface area (Å²) in [6.45, 7) is 8.92. The molecule has 1 aromatic carbocycles. The molecule has 2 unspecified atom stereocenters. The van der Waals surface area contributed by atoms with Crippen molar-refractivity contribution in [2.45, 2.75) is 117 Å². The predicted molar refractivity (Wildman–Crippen MR) is 122 cm³/mol. The zero-order valence-corrected chi connectivity index (χ0v) is 19.1. The first-order valence-corrected chi connectivity index (χ1v) is 12.0. The first-order chi connectivity index (χ1) is 13.8. The summed E-state index contributed by atoms with van der Waals surface area (Å²) < 4.78 is 12.8. The Balaban J connectivity index is 0.00000320. The molecule has 0 spiro atoms. The molecule has 2 fully saturated rings. The lowest BCUT2D eigenvalue weighted by Crippen LogP contribution is -2.31. The van der Waals surface area contributed by atoms with Gasteiger partial charge < -0.3 is 14.6 Å². The molecule has 0 amide bonds. The maximum absolute atomic E-state index is 10.7. The summed E-state index contributed by atoms with van der Waals surface area (Å²) in [6, 6.07) is 5.91. The molecule has 0 radical (unpaired) electrons. The molecule has 0 aliphatic heterocycles. The van der Waals surface area contributed by atoms with E-state index in [9.17, 15) is 5.11 Å². The summed E-state index contributed by atoms with van der Waals surface area (Å²) in [5.41, 5.74) is 1.31. The van der Waals surface area contributed by atoms with Gasteiger partial charge in [-0.1, -0.05) is 85.1 Å². The van der Waals surface area contributed by atoms with Gasteiger partial charge in [0.2, 0.25) is 6.29 Å². The van der Waals surface area contributed by atoms with Crippen molar-refractivity contribution >= 4 is 0 Å². The maximum Gasteiger partial charge on any atom is 0.200 e. The quantitative estimate of drug-likeness (QED) is 0.471. The minimum atomic E-state index is -0.252. The Kier molecular flexibility index (Phi) is 7.90. The highest BCUT2D eigenvalue weighted by Gasteiger charge is 2.27. The number of phenolic OH excluding ortho intramolecular Hbond substituents is 1. The van der Waals surface area contributed by atoms with Crippen LogP contribution in [0.1, 0.15) is 111 Å². The highest BCUT2D eigenvalue weighted by atomic mass is 16.7. The topological polar surface area (TPSA) is 38.7 Å². The molecular formula is C26H44O3. The van der Waals surface area contributed by atoms with Crippen LogP contribution in [0.3, 0.4) is 0 Å². The first-order valence-electron chi connectivity index (χ1n) is 12.0. The number of benzene rings is 1. The molecule has 1 N–H and O–H groups in total. The lowest BCUT2D eigenvalue weighted by atomic mass is 9.78. The van der Waals surface area contributed by atoms with Crippen LogP contribution in [0.15, 0.2) is 18.2 Å². The smallest absolute Gasteiger partial charge is 0.200 e. The van der Waals surface area contributed by atoms with Crippen LogP contribution in [-0.4, -0.2) is 17.5 Å². The van der Waals surface area contributed by atoms with Crippen LogP contribution in [0.5, 0.6) is 11.5 Å². The van der Waals surface area contributed by atoms with Crippen molar-refractivity contribution in [2.24, 2.45) is 11.3 Å². The van der Waals surface area contributed by atoms with E-state index in [1.807, 2.05) is 12.1 Å². The van der Waals surface area contributed by atoms with E-state index >= 15 is 0 Å². The Morgan fingerprint density at radius 2 is 1.62 bits per heavy atom. The van der Waals surface area contributed by atoms with Crippen molar-refractivity contribution in [3.63, 3.8) is 0 Å². The molecule has 0 bridgehead atoms. The van der Waals surface area contributed by atoms with Crippen molar-refractivity contribution in [1.29, 1.82) is 0 Å². The molecule has 166 valence electrons. The lowest BCUT2D eigenvalue weighted by molar-refractivity contribution is -0.139. The number of hydrogen-bond acceptors (Lipinski definition) is 3. The van der Waals surface area contributed by atoms with Gasteiger partial charge in [-0.15, -0.1) is 0 Å². The number of ether oxygens (including phenoxy) is 2. The van der Waals surface area contributed by atoms with E-state index < -0.39 is 0 Å². The minimum absolute atomic E-state index is 0. The fourth-order valence-corrected chi connectivity index (χ4v) is 4.79. The molecule has 2 aliphatic rings. The average Bonchev–Trinajstić information content (AvgIpc) is 2.70. The molecule has 2 atom stereocenters. The Hall–Kier alpha value is -1.22. The Bertz CT molecular complexity index is 608. The highest BCUT2D eigenvalue weighted by Crippen LogP contribution is 2.39. The fourth-order valence-electron chi connectivity index (χ4n) is 4.79. The highest BCUT2D eigenvalue weighted by molar-refractivity contribution is 5.43. The lowest BCUT2D eigenvalue weighted by Gasteiger charge is -2.32. The monoisotopic (exact) mass is 404 g/mol. The van der Waals surface area contributed by atoms with E-state index in [-0.39, 0.29) is 18.9 Å². The summed E-state index contributed by atoms with van der Waals surface area (Å²) in [5.74, 6) is 1.84. The zero-order chi connectivity index (χ0) is 20.9. The van der Waals surface area contributed by atoms with Gasteiger partial charge in [0, 0.05) is 7.85 Å². The van der Waals surface area contributed by atoms with Crippen molar-refractivity contribution in [1.82, 2.24) is 0 Å². The van der Waals surface area contributed by atoms with Gasteiger partial charge in [0.1, 0.15) is 0 Å². The summed E-state index contributed by atoms with van der Waals surface area (Å²) >= 11 is 0. The van der Waals surface area contributed by atoms with Crippen LogP contribution in [0.25, 0.3) is 0 Å². The van der Waals surface area contributed by atoms with E-state index in [2.05, 4.69) is 33.8 Å². The van der Waals surface area contributed by atoms with Crippen molar-refractivity contribution in [3.05, 3.63) is 23.8 Å². The van der Waals surface area contributed by atoms with Gasteiger partial charge in [-0.05, 0) is 47.8 Å². The standard InChI is InChI=1S/C26H42O3.H2/c1-19(26(2,3)4)21-15-16-24(23(27)18-21)29-25(17-20-11-7-5-8-12-20)28-22-13-9-6-10-14-22;/h15-16,18-20,22,25,27H,5-14,17H2,1-4H3;1H. The average molecular weight is 405 g/mol. The van der Waals surface area contributed by atoms with Crippen LogP contribution in [0, 0.1) is 11.3 Å². The molecule has 3 nitrogen and oxygen atoms in total. The largest absolute Gasteiger partial charge is 0.504 e. The van der Waals surface area contributed by atoms with Crippen LogP contribution in [0.4, 0.5) is 0 Å². The van der Waals surface area contributed by atoms with Gasteiger partial charge in [-0.25, -0.2) is 0 Å². The Morgan fingerprint density at radius 1 is 1.00 bits per heavy atom. The molecule has 1 aromatic rings. The molecule has 0 heterocycles. The van der Waals surface area contributed by atoms with Crippen molar-refractivity contribution < 1.29 is 16.0 Å². The van der Waals surface area contributed by atoms with Gasteiger partial charge in [0.25, 0.3) is 0 Å². The van der Waals surface area contributed by atoms with E-state index in [4.69, 9.17) is 9.47 Å². The second-order valence-corrected chi connectivity index (χ2v) is 10.5. The van der Waals surface area contributed by atoms with Crippen molar-refractivity contribution in [2.75, 3.05) is 0 Å². The SMILES string of the molecule is CC(c1ccc(OC(CC2CCCCC2)OC2CCCCC2)c(O)c1)C(C)(C)C.[HH]. The normalized spacial score (nSPS) is 21.7. The second-order valence-electron chi connectivity index (χ2n) is 10.5. The molecule has 3 rings (SSSR count). The third-order valence-corrected chi connectivity index (χ3v) is 7.19.